The molecule has 0 aliphatic rings. The van der Waals surface area contributed by atoms with Gasteiger partial charge < -0.3 is 10.5 Å². The second-order valence-electron chi connectivity index (χ2n) is 4.87. The molecule has 2 nitrogen and oxygen atoms in total. The van der Waals surface area contributed by atoms with Crippen LogP contribution in [0.15, 0.2) is 54.6 Å². The molecule has 0 radical (unpaired) electrons. The third kappa shape index (κ3) is 2.48. The lowest BCUT2D eigenvalue weighted by Crippen LogP contribution is -2.00. The monoisotopic (exact) mass is 297 g/mol. The van der Waals surface area contributed by atoms with Crippen LogP contribution in [0.2, 0.25) is 5.02 Å². The van der Waals surface area contributed by atoms with E-state index in [0.717, 1.165) is 38.2 Å². The van der Waals surface area contributed by atoms with Crippen LogP contribution in [0.25, 0.3) is 21.9 Å². The number of benzene rings is 3. The van der Waals surface area contributed by atoms with Gasteiger partial charge in [-0.2, -0.15) is 0 Å². The molecule has 0 unspecified atom stereocenters. The van der Waals surface area contributed by atoms with Crippen LogP contribution >= 0.6 is 11.6 Å². The van der Waals surface area contributed by atoms with Crippen molar-refractivity contribution in [2.24, 2.45) is 5.73 Å². The van der Waals surface area contributed by atoms with Crippen molar-refractivity contribution in [3.8, 4) is 16.9 Å². The normalized spacial score (nSPS) is 10.8. The molecule has 2 N–H and O–H groups in total. The Morgan fingerprint density at radius 3 is 2.48 bits per heavy atom. The maximum absolute atomic E-state index is 6.28. The first-order chi connectivity index (χ1) is 10.2. The highest BCUT2D eigenvalue weighted by molar-refractivity contribution is 6.36. The predicted octanol–water partition coefficient (Wildman–Crippen LogP) is 4.63. The minimum absolute atomic E-state index is 0.447. The third-order valence-electron chi connectivity index (χ3n) is 3.68. The van der Waals surface area contributed by atoms with E-state index < -0.39 is 0 Å². The van der Waals surface area contributed by atoms with Crippen LogP contribution in [-0.4, -0.2) is 7.11 Å². The number of halogens is 1. The quantitative estimate of drug-likeness (QED) is 0.765. The van der Waals surface area contributed by atoms with E-state index in [2.05, 4.69) is 12.1 Å². The van der Waals surface area contributed by atoms with Gasteiger partial charge in [0.2, 0.25) is 0 Å². The van der Waals surface area contributed by atoms with Gasteiger partial charge in [-0.25, -0.2) is 0 Å². The second-order valence-corrected chi connectivity index (χ2v) is 5.28. The molecule has 0 spiro atoms. The van der Waals surface area contributed by atoms with E-state index >= 15 is 0 Å². The Morgan fingerprint density at radius 1 is 1.00 bits per heavy atom. The number of ether oxygens (including phenoxy) is 1. The zero-order chi connectivity index (χ0) is 14.8. The largest absolute Gasteiger partial charge is 0.496 e. The Kier molecular flexibility index (Phi) is 3.82. The number of hydrogen-bond acceptors (Lipinski definition) is 2. The number of hydrogen-bond donors (Lipinski definition) is 1. The molecule has 0 heterocycles. The molecule has 0 atom stereocenters. The number of nitrogens with two attached hydrogens (primary N) is 1. The van der Waals surface area contributed by atoms with E-state index in [-0.39, 0.29) is 0 Å². The summed E-state index contributed by atoms with van der Waals surface area (Å²) < 4.78 is 5.33. The van der Waals surface area contributed by atoms with Crippen molar-refractivity contribution in [2.45, 2.75) is 6.54 Å². The van der Waals surface area contributed by atoms with Crippen LogP contribution in [0.5, 0.6) is 5.75 Å². The van der Waals surface area contributed by atoms with Gasteiger partial charge in [0.25, 0.3) is 0 Å². The minimum atomic E-state index is 0.447. The van der Waals surface area contributed by atoms with Crippen LogP contribution in [0.1, 0.15) is 5.56 Å². The van der Waals surface area contributed by atoms with E-state index in [9.17, 15) is 0 Å². The summed E-state index contributed by atoms with van der Waals surface area (Å²) in [5.41, 5.74) is 9.06. The van der Waals surface area contributed by atoms with Crippen LogP contribution in [-0.2, 0) is 6.54 Å². The molecule has 3 rings (SSSR count). The van der Waals surface area contributed by atoms with Gasteiger partial charge in [0.15, 0.2) is 0 Å². The van der Waals surface area contributed by atoms with Gasteiger partial charge in [-0.15, -0.1) is 0 Å². The zero-order valence-corrected chi connectivity index (χ0v) is 12.5. The molecule has 3 aromatic carbocycles. The van der Waals surface area contributed by atoms with Crippen molar-refractivity contribution >= 4 is 22.4 Å². The Hall–Kier alpha value is -2.03. The molecule has 21 heavy (non-hydrogen) atoms. The van der Waals surface area contributed by atoms with Gasteiger partial charge in [-0.3, -0.25) is 0 Å². The first-order valence-electron chi connectivity index (χ1n) is 6.79. The first kappa shape index (κ1) is 13.9. The molecular weight excluding hydrogens is 282 g/mol. The smallest absolute Gasteiger partial charge is 0.123 e. The fourth-order valence-electron chi connectivity index (χ4n) is 2.62. The zero-order valence-electron chi connectivity index (χ0n) is 11.8. The standard InChI is InChI=1S/C18H16ClNO/c1-21-18-9-6-12(10-13(18)11-20)14-7-8-17(19)16-5-3-2-4-15(14)16/h2-10H,11,20H2,1H3. The van der Waals surface area contributed by atoms with Crippen molar-refractivity contribution in [3.63, 3.8) is 0 Å². The molecule has 106 valence electrons. The van der Waals surface area contributed by atoms with Crippen LogP contribution in [0.3, 0.4) is 0 Å². The average Bonchev–Trinajstić information content (AvgIpc) is 2.55. The van der Waals surface area contributed by atoms with Gasteiger partial charge in [-0.1, -0.05) is 48.0 Å². The first-order valence-corrected chi connectivity index (χ1v) is 7.17. The van der Waals surface area contributed by atoms with Gasteiger partial charge >= 0.3 is 0 Å². The van der Waals surface area contributed by atoms with Crippen molar-refractivity contribution in [1.29, 1.82) is 0 Å². The molecule has 0 aliphatic carbocycles. The molecular formula is C18H16ClNO. The third-order valence-corrected chi connectivity index (χ3v) is 4.01. The minimum Gasteiger partial charge on any atom is -0.496 e. The number of fused-ring (bicyclic) bond motifs is 1. The number of methoxy groups -OCH3 is 1. The number of rotatable bonds is 3. The summed E-state index contributed by atoms with van der Waals surface area (Å²) in [6.07, 6.45) is 0. The van der Waals surface area contributed by atoms with Gasteiger partial charge in [-0.05, 0) is 34.7 Å². The lowest BCUT2D eigenvalue weighted by molar-refractivity contribution is 0.410. The summed E-state index contributed by atoms with van der Waals surface area (Å²) in [6.45, 7) is 0.447. The van der Waals surface area contributed by atoms with Crippen molar-refractivity contribution in [3.05, 3.63) is 65.2 Å². The van der Waals surface area contributed by atoms with Gasteiger partial charge in [0, 0.05) is 22.5 Å². The van der Waals surface area contributed by atoms with Crippen LogP contribution < -0.4 is 10.5 Å². The highest BCUT2D eigenvalue weighted by Gasteiger charge is 2.09. The lowest BCUT2D eigenvalue weighted by Gasteiger charge is -2.12. The summed E-state index contributed by atoms with van der Waals surface area (Å²) in [6, 6.07) is 18.2. The van der Waals surface area contributed by atoms with E-state index in [4.69, 9.17) is 22.1 Å². The van der Waals surface area contributed by atoms with Crippen LogP contribution in [0.4, 0.5) is 0 Å². The van der Waals surface area contributed by atoms with E-state index in [1.807, 2.05) is 42.5 Å². The lowest BCUT2D eigenvalue weighted by atomic mass is 9.96. The fourth-order valence-corrected chi connectivity index (χ4v) is 2.85. The SMILES string of the molecule is COc1ccc(-c2ccc(Cl)c3ccccc23)cc1CN. The summed E-state index contributed by atoms with van der Waals surface area (Å²) in [4.78, 5) is 0. The van der Waals surface area contributed by atoms with E-state index in [0.29, 0.717) is 6.54 Å². The fraction of sp³-hybridized carbons (Fsp3) is 0.111. The van der Waals surface area contributed by atoms with Gasteiger partial charge in [0.1, 0.15) is 5.75 Å². The molecule has 3 aromatic rings. The summed E-state index contributed by atoms with van der Waals surface area (Å²) in [5.74, 6) is 0.819. The van der Waals surface area contributed by atoms with Crippen molar-refractivity contribution in [2.75, 3.05) is 7.11 Å². The second kappa shape index (κ2) is 5.76. The molecule has 0 aromatic heterocycles. The highest BCUT2D eigenvalue weighted by Crippen LogP contribution is 2.34. The Balaban J connectivity index is 2.23. The molecule has 3 heteroatoms. The highest BCUT2D eigenvalue weighted by atomic mass is 35.5. The Bertz CT molecular complexity index is 798. The maximum Gasteiger partial charge on any atom is 0.123 e. The predicted molar refractivity (Wildman–Crippen MR) is 88.8 cm³/mol. The molecule has 0 saturated heterocycles. The maximum atomic E-state index is 6.28. The summed E-state index contributed by atoms with van der Waals surface area (Å²) in [7, 11) is 1.66. The van der Waals surface area contributed by atoms with E-state index in [1.165, 1.54) is 0 Å². The molecule has 0 saturated carbocycles. The summed E-state index contributed by atoms with van der Waals surface area (Å²) >= 11 is 6.28. The summed E-state index contributed by atoms with van der Waals surface area (Å²) in [5, 5.41) is 2.96. The molecule has 0 fully saturated rings. The van der Waals surface area contributed by atoms with Crippen LogP contribution in [0, 0.1) is 0 Å². The van der Waals surface area contributed by atoms with Crippen molar-refractivity contribution < 1.29 is 4.74 Å². The Morgan fingerprint density at radius 2 is 1.76 bits per heavy atom. The topological polar surface area (TPSA) is 35.2 Å². The molecule has 0 aliphatic heterocycles. The van der Waals surface area contributed by atoms with Crippen molar-refractivity contribution in [1.82, 2.24) is 0 Å². The average molecular weight is 298 g/mol. The molecule has 0 amide bonds. The van der Waals surface area contributed by atoms with Gasteiger partial charge in [0.05, 0.1) is 7.11 Å². The van der Waals surface area contributed by atoms with E-state index in [1.54, 1.807) is 7.11 Å². The Labute approximate surface area is 129 Å². The molecule has 0 bridgehead atoms.